The monoisotopic (exact) mass is 270 g/mol. The van der Waals surface area contributed by atoms with E-state index in [1.165, 1.54) is 11.8 Å². The van der Waals surface area contributed by atoms with Gasteiger partial charge in [-0.2, -0.15) is 0 Å². The molecular formula is C13H18O4S. The third-order valence-electron chi connectivity index (χ3n) is 2.21. The van der Waals surface area contributed by atoms with E-state index in [0.717, 1.165) is 5.75 Å². The van der Waals surface area contributed by atoms with Gasteiger partial charge in [-0.3, -0.25) is 4.79 Å². The van der Waals surface area contributed by atoms with Crippen molar-refractivity contribution in [2.45, 2.75) is 19.1 Å². The lowest BCUT2D eigenvalue weighted by atomic mass is 10.3. The molecule has 5 heteroatoms. The summed E-state index contributed by atoms with van der Waals surface area (Å²) < 4.78 is 11.0. The van der Waals surface area contributed by atoms with Gasteiger partial charge in [0.25, 0.3) is 0 Å². The fraction of sp³-hybridized carbons (Fsp3) is 0.462. The largest absolute Gasteiger partial charge is 0.490 e. The Balaban J connectivity index is 2.37. The van der Waals surface area contributed by atoms with Gasteiger partial charge in [0, 0.05) is 5.75 Å². The third-order valence-corrected chi connectivity index (χ3v) is 3.31. The summed E-state index contributed by atoms with van der Waals surface area (Å²) in [6, 6.07) is 7.46. The molecule has 4 nitrogen and oxygen atoms in total. The molecule has 0 saturated heterocycles. The summed E-state index contributed by atoms with van der Waals surface area (Å²) >= 11 is 1.36. The first-order chi connectivity index (χ1) is 8.65. The van der Waals surface area contributed by atoms with E-state index in [9.17, 15) is 4.79 Å². The maximum atomic E-state index is 10.6. The molecule has 1 aromatic carbocycles. The number of hydrogen-bond acceptors (Lipinski definition) is 4. The average Bonchev–Trinajstić information content (AvgIpc) is 2.36. The Morgan fingerprint density at radius 1 is 1.33 bits per heavy atom. The number of para-hydroxylation sites is 2. The molecule has 1 unspecified atom stereocenters. The maximum absolute atomic E-state index is 10.6. The fourth-order valence-corrected chi connectivity index (χ4v) is 1.97. The second-order valence-electron chi connectivity index (χ2n) is 3.58. The zero-order valence-electron chi connectivity index (χ0n) is 10.6. The zero-order valence-corrected chi connectivity index (χ0v) is 11.4. The van der Waals surface area contributed by atoms with Crippen molar-refractivity contribution in [1.29, 1.82) is 0 Å². The Morgan fingerprint density at radius 3 is 2.50 bits per heavy atom. The minimum absolute atomic E-state index is 0.407. The van der Waals surface area contributed by atoms with Crippen LogP contribution in [0.2, 0.25) is 0 Å². The summed E-state index contributed by atoms with van der Waals surface area (Å²) in [5.41, 5.74) is 0. The molecule has 0 aliphatic heterocycles. The van der Waals surface area contributed by atoms with Crippen LogP contribution < -0.4 is 9.47 Å². The van der Waals surface area contributed by atoms with Gasteiger partial charge in [0.15, 0.2) is 11.5 Å². The van der Waals surface area contributed by atoms with E-state index < -0.39 is 11.2 Å². The van der Waals surface area contributed by atoms with Crippen molar-refractivity contribution in [2.75, 3.05) is 19.0 Å². The highest BCUT2D eigenvalue weighted by Gasteiger charge is 2.10. The van der Waals surface area contributed by atoms with E-state index in [2.05, 4.69) is 0 Å². The van der Waals surface area contributed by atoms with Crippen LogP contribution in [0, 0.1) is 0 Å². The van der Waals surface area contributed by atoms with Crippen LogP contribution in [0.3, 0.4) is 0 Å². The van der Waals surface area contributed by atoms with Crippen LogP contribution in [-0.2, 0) is 4.79 Å². The normalized spacial score (nSPS) is 11.9. The van der Waals surface area contributed by atoms with Crippen molar-refractivity contribution in [3.63, 3.8) is 0 Å². The van der Waals surface area contributed by atoms with Crippen LogP contribution in [0.1, 0.15) is 13.8 Å². The third kappa shape index (κ3) is 4.87. The van der Waals surface area contributed by atoms with Gasteiger partial charge in [-0.1, -0.05) is 12.1 Å². The van der Waals surface area contributed by atoms with E-state index in [1.54, 1.807) is 6.92 Å². The number of hydrogen-bond donors (Lipinski definition) is 1. The topological polar surface area (TPSA) is 55.8 Å². The van der Waals surface area contributed by atoms with Gasteiger partial charge in [-0.15, -0.1) is 11.8 Å². The van der Waals surface area contributed by atoms with Gasteiger partial charge < -0.3 is 14.6 Å². The Bertz CT molecular complexity index is 381. The van der Waals surface area contributed by atoms with Crippen LogP contribution in [0.5, 0.6) is 11.5 Å². The summed E-state index contributed by atoms with van der Waals surface area (Å²) in [6.45, 7) is 4.64. The standard InChI is InChI=1S/C13H18O4S/c1-3-16-11-6-4-5-7-12(11)17-8-9-18-10(2)13(14)15/h4-7,10H,3,8-9H2,1-2H3,(H,14,15). The quantitative estimate of drug-likeness (QED) is 0.736. The fourth-order valence-electron chi connectivity index (χ4n) is 1.29. The predicted molar refractivity (Wildman–Crippen MR) is 72.7 cm³/mol. The molecule has 0 aromatic heterocycles. The first-order valence-corrected chi connectivity index (χ1v) is 6.89. The number of aliphatic carboxylic acids is 1. The molecule has 1 rings (SSSR count). The second-order valence-corrected chi connectivity index (χ2v) is 5.03. The molecule has 0 bridgehead atoms. The van der Waals surface area contributed by atoms with Crippen molar-refractivity contribution in [1.82, 2.24) is 0 Å². The van der Waals surface area contributed by atoms with E-state index >= 15 is 0 Å². The lowest BCUT2D eigenvalue weighted by molar-refractivity contribution is -0.136. The van der Waals surface area contributed by atoms with Crippen molar-refractivity contribution in [3.8, 4) is 11.5 Å². The smallest absolute Gasteiger partial charge is 0.316 e. The Kier molecular flexibility index (Phi) is 6.43. The van der Waals surface area contributed by atoms with Crippen molar-refractivity contribution in [2.24, 2.45) is 0 Å². The molecule has 0 aliphatic rings. The van der Waals surface area contributed by atoms with Crippen molar-refractivity contribution in [3.05, 3.63) is 24.3 Å². The summed E-state index contributed by atoms with van der Waals surface area (Å²) in [6.07, 6.45) is 0. The number of carboxylic acid groups (broad SMARTS) is 1. The van der Waals surface area contributed by atoms with E-state index in [-0.39, 0.29) is 0 Å². The second kappa shape index (κ2) is 7.87. The van der Waals surface area contributed by atoms with E-state index in [1.807, 2.05) is 31.2 Å². The molecule has 1 aromatic rings. The number of ether oxygens (including phenoxy) is 2. The van der Waals surface area contributed by atoms with Gasteiger partial charge in [-0.05, 0) is 26.0 Å². The molecule has 0 heterocycles. The molecule has 0 saturated carbocycles. The molecule has 1 atom stereocenters. The summed E-state index contributed by atoms with van der Waals surface area (Å²) in [5.74, 6) is 1.25. The predicted octanol–water partition coefficient (Wildman–Crippen LogP) is 2.67. The number of thioether (sulfide) groups is 1. The lowest BCUT2D eigenvalue weighted by Crippen LogP contribution is -2.14. The van der Waals surface area contributed by atoms with Gasteiger partial charge in [0.2, 0.25) is 0 Å². The molecule has 18 heavy (non-hydrogen) atoms. The average molecular weight is 270 g/mol. The Hall–Kier alpha value is -1.36. The van der Waals surface area contributed by atoms with Crippen molar-refractivity contribution < 1.29 is 19.4 Å². The SMILES string of the molecule is CCOc1ccccc1OCCSC(C)C(=O)O. The van der Waals surface area contributed by atoms with Crippen LogP contribution in [0.25, 0.3) is 0 Å². The van der Waals surface area contributed by atoms with E-state index in [4.69, 9.17) is 14.6 Å². The first-order valence-electron chi connectivity index (χ1n) is 5.84. The van der Waals surface area contributed by atoms with Gasteiger partial charge in [0.1, 0.15) is 0 Å². The maximum Gasteiger partial charge on any atom is 0.316 e. The number of rotatable bonds is 8. The summed E-state index contributed by atoms with van der Waals surface area (Å²) in [7, 11) is 0. The van der Waals surface area contributed by atoms with Crippen LogP contribution >= 0.6 is 11.8 Å². The summed E-state index contributed by atoms with van der Waals surface area (Å²) in [5, 5.41) is 8.32. The highest BCUT2D eigenvalue weighted by Crippen LogP contribution is 2.26. The zero-order chi connectivity index (χ0) is 13.4. The molecular weight excluding hydrogens is 252 g/mol. The van der Waals surface area contributed by atoms with Crippen molar-refractivity contribution >= 4 is 17.7 Å². The Morgan fingerprint density at radius 2 is 1.94 bits per heavy atom. The number of carboxylic acids is 1. The van der Waals surface area contributed by atoms with Gasteiger partial charge in [-0.25, -0.2) is 0 Å². The molecule has 0 radical (unpaired) electrons. The minimum atomic E-state index is -0.797. The van der Waals surface area contributed by atoms with Crippen LogP contribution in [-0.4, -0.2) is 35.3 Å². The van der Waals surface area contributed by atoms with Gasteiger partial charge in [0.05, 0.1) is 18.5 Å². The summed E-state index contributed by atoms with van der Waals surface area (Å²) in [4.78, 5) is 10.6. The Labute approximate surface area is 111 Å². The highest BCUT2D eigenvalue weighted by atomic mass is 32.2. The molecule has 100 valence electrons. The number of carbonyl (C=O) groups is 1. The molecule has 0 fully saturated rings. The van der Waals surface area contributed by atoms with Crippen LogP contribution in [0.4, 0.5) is 0 Å². The van der Waals surface area contributed by atoms with E-state index in [0.29, 0.717) is 24.7 Å². The molecule has 1 N–H and O–H groups in total. The molecule has 0 aliphatic carbocycles. The molecule has 0 spiro atoms. The number of benzene rings is 1. The van der Waals surface area contributed by atoms with Crippen LogP contribution in [0.15, 0.2) is 24.3 Å². The highest BCUT2D eigenvalue weighted by molar-refractivity contribution is 8.00. The first kappa shape index (κ1) is 14.7. The lowest BCUT2D eigenvalue weighted by Gasteiger charge is -2.12. The molecule has 0 amide bonds. The van der Waals surface area contributed by atoms with Gasteiger partial charge >= 0.3 is 5.97 Å². The minimum Gasteiger partial charge on any atom is -0.490 e.